The summed E-state index contributed by atoms with van der Waals surface area (Å²) in [7, 11) is 0. The molecule has 0 aromatic carbocycles. The Labute approximate surface area is 110 Å². The van der Waals surface area contributed by atoms with Gasteiger partial charge >= 0.3 is 0 Å². The first-order chi connectivity index (χ1) is 8.22. The highest BCUT2D eigenvalue weighted by Gasteiger charge is 2.07. The van der Waals surface area contributed by atoms with E-state index in [0.29, 0.717) is 6.54 Å². The van der Waals surface area contributed by atoms with Gasteiger partial charge in [-0.3, -0.25) is 9.67 Å². The first kappa shape index (κ1) is 10.8. The molecule has 0 amide bonds. The number of hydrogen-bond acceptors (Lipinski definition) is 5. The summed E-state index contributed by atoms with van der Waals surface area (Å²) in [5.74, 6) is 0. The van der Waals surface area contributed by atoms with Crippen LogP contribution in [0.5, 0.6) is 0 Å². The Morgan fingerprint density at radius 2 is 2.24 bits per heavy atom. The molecule has 0 aliphatic heterocycles. The molecule has 0 saturated heterocycles. The Bertz CT molecular complexity index is 674. The van der Waals surface area contributed by atoms with E-state index in [-0.39, 0.29) is 0 Å². The smallest absolute Gasteiger partial charge is 0.139 e. The summed E-state index contributed by atoms with van der Waals surface area (Å²) in [4.78, 5) is 4.29. The van der Waals surface area contributed by atoms with Gasteiger partial charge in [0.15, 0.2) is 0 Å². The summed E-state index contributed by atoms with van der Waals surface area (Å²) >= 11 is 5.00. The molecule has 7 heteroatoms. The van der Waals surface area contributed by atoms with E-state index < -0.39 is 0 Å². The van der Waals surface area contributed by atoms with Gasteiger partial charge in [0.25, 0.3) is 0 Å². The highest BCUT2D eigenvalue weighted by atomic mass is 79.9. The standard InChI is InChI=1S/C10H8BrN5S/c1-6-14-15-10(17-6)5-16-9-2-7(11)3-12-8(9)4-13-16/h2-4H,5H2,1H3. The maximum Gasteiger partial charge on any atom is 0.139 e. The molecule has 5 nitrogen and oxygen atoms in total. The van der Waals surface area contributed by atoms with Gasteiger partial charge in [0, 0.05) is 10.7 Å². The Kier molecular flexibility index (Phi) is 2.64. The largest absolute Gasteiger partial charge is 0.256 e. The van der Waals surface area contributed by atoms with Crippen LogP contribution in [0.2, 0.25) is 0 Å². The number of pyridine rings is 1. The lowest BCUT2D eigenvalue weighted by Crippen LogP contribution is -2.01. The van der Waals surface area contributed by atoms with Crippen LogP contribution in [0.15, 0.2) is 22.9 Å². The molecule has 0 radical (unpaired) electrons. The predicted molar refractivity (Wildman–Crippen MR) is 69.0 cm³/mol. The van der Waals surface area contributed by atoms with Crippen molar-refractivity contribution in [2.75, 3.05) is 0 Å². The predicted octanol–water partition coefficient (Wildman–Crippen LogP) is 2.40. The Balaban J connectivity index is 2.03. The second-order valence-electron chi connectivity index (χ2n) is 3.57. The fourth-order valence-electron chi connectivity index (χ4n) is 1.59. The number of halogens is 1. The van der Waals surface area contributed by atoms with Gasteiger partial charge in [0.1, 0.15) is 15.5 Å². The third-order valence-electron chi connectivity index (χ3n) is 2.31. The van der Waals surface area contributed by atoms with Crippen LogP contribution in [0, 0.1) is 6.92 Å². The minimum absolute atomic E-state index is 0.632. The van der Waals surface area contributed by atoms with Gasteiger partial charge < -0.3 is 0 Å². The number of nitrogens with zero attached hydrogens (tertiary/aromatic N) is 5. The molecule has 3 heterocycles. The zero-order valence-corrected chi connectivity index (χ0v) is 11.4. The van der Waals surface area contributed by atoms with Gasteiger partial charge in [0.05, 0.1) is 18.3 Å². The first-order valence-electron chi connectivity index (χ1n) is 4.98. The summed E-state index contributed by atoms with van der Waals surface area (Å²) in [5.41, 5.74) is 1.88. The lowest BCUT2D eigenvalue weighted by molar-refractivity contribution is 0.700. The van der Waals surface area contributed by atoms with Crippen LogP contribution >= 0.6 is 27.3 Å². The van der Waals surface area contributed by atoms with E-state index in [0.717, 1.165) is 25.5 Å². The van der Waals surface area contributed by atoms with Gasteiger partial charge in [-0.05, 0) is 28.9 Å². The summed E-state index contributed by atoms with van der Waals surface area (Å²) in [6, 6.07) is 2.00. The van der Waals surface area contributed by atoms with E-state index in [1.807, 2.05) is 17.7 Å². The summed E-state index contributed by atoms with van der Waals surface area (Å²) in [6.07, 6.45) is 3.53. The van der Waals surface area contributed by atoms with Crippen molar-refractivity contribution in [3.05, 3.63) is 32.9 Å². The highest BCUT2D eigenvalue weighted by Crippen LogP contribution is 2.18. The van der Waals surface area contributed by atoms with Gasteiger partial charge in [-0.15, -0.1) is 10.2 Å². The number of rotatable bonds is 2. The molecule has 0 saturated carbocycles. The number of aryl methyl sites for hydroxylation is 1. The Morgan fingerprint density at radius 3 is 3.00 bits per heavy atom. The van der Waals surface area contributed by atoms with Crippen molar-refractivity contribution in [2.45, 2.75) is 13.5 Å². The molecule has 0 bridgehead atoms. The summed E-state index contributed by atoms with van der Waals surface area (Å²) < 4.78 is 2.83. The highest BCUT2D eigenvalue weighted by molar-refractivity contribution is 9.10. The fourth-order valence-corrected chi connectivity index (χ4v) is 2.60. The van der Waals surface area contributed by atoms with Crippen molar-refractivity contribution >= 4 is 38.3 Å². The fraction of sp³-hybridized carbons (Fsp3) is 0.200. The van der Waals surface area contributed by atoms with Crippen molar-refractivity contribution in [3.63, 3.8) is 0 Å². The molecule has 0 N–H and O–H groups in total. The van der Waals surface area contributed by atoms with Gasteiger partial charge in [-0.2, -0.15) is 5.10 Å². The lowest BCUT2D eigenvalue weighted by Gasteiger charge is -1.99. The van der Waals surface area contributed by atoms with E-state index >= 15 is 0 Å². The molecular weight excluding hydrogens is 302 g/mol. The molecule has 0 aliphatic carbocycles. The zero-order chi connectivity index (χ0) is 11.8. The van der Waals surface area contributed by atoms with Gasteiger partial charge in [0.2, 0.25) is 0 Å². The first-order valence-corrected chi connectivity index (χ1v) is 6.59. The summed E-state index contributed by atoms with van der Waals surface area (Å²) in [5, 5.41) is 14.3. The molecule has 0 fully saturated rings. The minimum Gasteiger partial charge on any atom is -0.256 e. The maximum absolute atomic E-state index is 4.31. The summed E-state index contributed by atoms with van der Waals surface area (Å²) in [6.45, 7) is 2.58. The molecule has 0 atom stereocenters. The van der Waals surface area contributed by atoms with Crippen LogP contribution in [0.1, 0.15) is 10.0 Å². The quantitative estimate of drug-likeness (QED) is 0.729. The van der Waals surface area contributed by atoms with Crippen molar-refractivity contribution in [3.8, 4) is 0 Å². The SMILES string of the molecule is Cc1nnc(Cn2ncc3ncc(Br)cc32)s1. The zero-order valence-electron chi connectivity index (χ0n) is 8.96. The number of hydrogen-bond donors (Lipinski definition) is 0. The molecule has 17 heavy (non-hydrogen) atoms. The van der Waals surface area contributed by atoms with Crippen LogP contribution in [0.25, 0.3) is 11.0 Å². The van der Waals surface area contributed by atoms with Crippen molar-refractivity contribution in [1.29, 1.82) is 0 Å². The Morgan fingerprint density at radius 1 is 1.35 bits per heavy atom. The van der Waals surface area contributed by atoms with Crippen LogP contribution in [0.3, 0.4) is 0 Å². The lowest BCUT2D eigenvalue weighted by atomic mass is 10.4. The molecular formula is C10H8BrN5S. The van der Waals surface area contributed by atoms with Crippen LogP contribution in [-0.4, -0.2) is 25.0 Å². The average molecular weight is 310 g/mol. The minimum atomic E-state index is 0.632. The van der Waals surface area contributed by atoms with Crippen molar-refractivity contribution in [1.82, 2.24) is 25.0 Å². The van der Waals surface area contributed by atoms with Crippen LogP contribution in [-0.2, 0) is 6.54 Å². The van der Waals surface area contributed by atoms with E-state index in [2.05, 4.69) is 36.2 Å². The maximum atomic E-state index is 4.31. The molecule has 3 aromatic rings. The van der Waals surface area contributed by atoms with E-state index in [1.165, 1.54) is 0 Å². The van der Waals surface area contributed by atoms with Gasteiger partial charge in [-0.1, -0.05) is 11.3 Å². The third-order valence-corrected chi connectivity index (χ3v) is 3.57. The molecule has 3 rings (SSSR count). The van der Waals surface area contributed by atoms with Gasteiger partial charge in [-0.25, -0.2) is 0 Å². The van der Waals surface area contributed by atoms with E-state index in [9.17, 15) is 0 Å². The number of fused-ring (bicyclic) bond motifs is 1. The van der Waals surface area contributed by atoms with E-state index in [1.54, 1.807) is 23.7 Å². The second-order valence-corrected chi connectivity index (χ2v) is 5.76. The third kappa shape index (κ3) is 2.07. The molecule has 0 spiro atoms. The Hall–Kier alpha value is -1.34. The molecule has 3 aromatic heterocycles. The van der Waals surface area contributed by atoms with Crippen LogP contribution < -0.4 is 0 Å². The van der Waals surface area contributed by atoms with E-state index in [4.69, 9.17) is 0 Å². The molecule has 0 unspecified atom stereocenters. The van der Waals surface area contributed by atoms with Crippen molar-refractivity contribution < 1.29 is 0 Å². The number of aromatic nitrogens is 5. The molecule has 86 valence electrons. The monoisotopic (exact) mass is 309 g/mol. The normalized spacial score (nSPS) is 11.2. The van der Waals surface area contributed by atoms with Crippen LogP contribution in [0.4, 0.5) is 0 Å². The average Bonchev–Trinajstić information content (AvgIpc) is 2.87. The topological polar surface area (TPSA) is 56.5 Å². The second kappa shape index (κ2) is 4.15. The molecule has 0 aliphatic rings. The van der Waals surface area contributed by atoms with Crippen molar-refractivity contribution in [2.24, 2.45) is 0 Å².